The summed E-state index contributed by atoms with van der Waals surface area (Å²) in [6, 6.07) is 7.02. The third kappa shape index (κ3) is 10.9. The zero-order chi connectivity index (χ0) is 55.7. The minimum Gasteiger partial charge on any atom is -0.464 e. The Balaban J connectivity index is 0.870. The predicted octanol–water partition coefficient (Wildman–Crippen LogP) is 7.16. The molecule has 2 saturated carbocycles. The monoisotopic (exact) mass is 1110 g/mol. The van der Waals surface area contributed by atoms with E-state index in [0.29, 0.717) is 55.9 Å². The van der Waals surface area contributed by atoms with Crippen molar-refractivity contribution >= 4 is 57.5 Å². The number of anilines is 1. The molecule has 17 nitrogen and oxygen atoms in total. The summed E-state index contributed by atoms with van der Waals surface area (Å²) in [5.41, 5.74) is 11.3. The second-order valence-corrected chi connectivity index (χ2v) is 27.1. The molecule has 5 saturated heterocycles. The summed E-state index contributed by atoms with van der Waals surface area (Å²) in [6.45, 7) is 19.3. The Labute approximate surface area is 476 Å². The van der Waals surface area contributed by atoms with Gasteiger partial charge in [-0.2, -0.15) is 0 Å². The molecule has 4 aromatic rings. The number of hydrazine groups is 1. The number of hydrogen-bond donors (Lipinski definition) is 3. The molecule has 9 heterocycles. The van der Waals surface area contributed by atoms with Crippen LogP contribution in [0.5, 0.6) is 0 Å². The number of aromatic nitrogens is 3. The number of amides is 4. The van der Waals surface area contributed by atoms with Gasteiger partial charge in [-0.1, -0.05) is 59.9 Å². The normalized spacial score (nSPS) is 27.9. The fraction of sp³-hybridized carbons (Fsp3) is 0.661. The van der Waals surface area contributed by atoms with Gasteiger partial charge in [0.2, 0.25) is 17.7 Å². The fourth-order valence-corrected chi connectivity index (χ4v) is 15.6. The topological polar surface area (TPSA) is 187 Å². The number of piperazine rings is 1. The molecule has 2 aliphatic carbocycles. The van der Waals surface area contributed by atoms with Gasteiger partial charge in [0.25, 0.3) is 5.91 Å². The van der Waals surface area contributed by atoms with E-state index in [0.717, 1.165) is 110 Å². The highest BCUT2D eigenvalue weighted by molar-refractivity contribution is 7.10. The van der Waals surface area contributed by atoms with Crippen LogP contribution in [0.2, 0.25) is 0 Å². The van der Waals surface area contributed by atoms with Crippen molar-refractivity contribution in [3.63, 3.8) is 0 Å². The van der Waals surface area contributed by atoms with E-state index in [1.807, 2.05) is 17.2 Å². The number of piperidine rings is 1. The first-order chi connectivity index (χ1) is 38.5. The van der Waals surface area contributed by atoms with Crippen LogP contribution in [0.3, 0.4) is 0 Å². The number of rotatable bonds is 11. The van der Waals surface area contributed by atoms with Gasteiger partial charge in [-0.25, -0.2) is 10.4 Å². The molecule has 0 unspecified atom stereocenters. The van der Waals surface area contributed by atoms with Gasteiger partial charge in [0.05, 0.1) is 46.5 Å². The van der Waals surface area contributed by atoms with Crippen LogP contribution >= 0.6 is 11.3 Å². The first kappa shape index (κ1) is 55.1. The Hall–Kier alpha value is -5.43. The molecule has 430 valence electrons. The van der Waals surface area contributed by atoms with Crippen molar-refractivity contribution in [3.05, 3.63) is 52.1 Å². The largest absolute Gasteiger partial charge is 0.464 e. The minimum absolute atomic E-state index is 0.0711. The smallest absolute Gasteiger partial charge is 0.324 e. The molecular formula is C62H85N11O6S. The maximum absolute atomic E-state index is 15.1. The van der Waals surface area contributed by atoms with E-state index in [4.69, 9.17) is 14.7 Å². The lowest BCUT2D eigenvalue weighted by Crippen LogP contribution is -2.62. The van der Waals surface area contributed by atoms with Gasteiger partial charge in [-0.3, -0.25) is 44.2 Å². The Bertz CT molecular complexity index is 3020. The van der Waals surface area contributed by atoms with Gasteiger partial charge in [-0.05, 0) is 119 Å². The lowest BCUT2D eigenvalue weighted by atomic mass is 9.84. The summed E-state index contributed by atoms with van der Waals surface area (Å²) in [5, 5.41) is 11.9. The van der Waals surface area contributed by atoms with Crippen LogP contribution in [-0.2, 0) is 48.1 Å². The van der Waals surface area contributed by atoms with Crippen molar-refractivity contribution in [2.24, 2.45) is 29.1 Å². The number of carbonyl (C=O) groups is 5. The van der Waals surface area contributed by atoms with Crippen LogP contribution in [0, 0.1) is 29.1 Å². The number of esters is 1. The van der Waals surface area contributed by atoms with Gasteiger partial charge in [0.1, 0.15) is 24.2 Å². The molecule has 3 aromatic heterocycles. The molecule has 3 N–H and O–H groups in total. The molecule has 6 aliphatic heterocycles. The molecule has 80 heavy (non-hydrogen) atoms. The zero-order valence-electron chi connectivity index (χ0n) is 48.3. The summed E-state index contributed by atoms with van der Waals surface area (Å²) >= 11 is 1.46. The molecule has 8 atom stereocenters. The average Bonchev–Trinajstić information content (AvgIpc) is 4.38. The van der Waals surface area contributed by atoms with E-state index in [1.54, 1.807) is 11.9 Å². The molecule has 4 amide bonds. The molecule has 8 aliphatic rings. The zero-order valence-corrected chi connectivity index (χ0v) is 49.1. The number of hydrogen-bond acceptors (Lipinski definition) is 13. The first-order valence-corrected chi connectivity index (χ1v) is 31.4. The van der Waals surface area contributed by atoms with Crippen molar-refractivity contribution in [2.75, 3.05) is 64.4 Å². The highest BCUT2D eigenvalue weighted by atomic mass is 32.1. The van der Waals surface area contributed by atoms with Crippen molar-refractivity contribution in [1.29, 1.82) is 0 Å². The SMILES string of the molecule is CCn1c(-c2cc(N3CCN4CCCC[C@@H]4C3)cnc2C(C)C)c2c3cc(ccc31)-c1csc(n1)C[C@H](NC(=O)[C@H](C1CCCC1)N(C)C(=O)[C@H]1CN(C(=O)[C@@H]3N[C@@H]3C3CC3)C[C@H]1C)C(=O)N1CCC[C@H](N1)C(=O)OCC(C)(C)C2. The number of likely N-dealkylation sites (N-methyl/N-ethyl adjacent to an activating group) is 1. The van der Waals surface area contributed by atoms with Crippen molar-refractivity contribution in [2.45, 2.75) is 174 Å². The molecule has 12 rings (SSSR count). The van der Waals surface area contributed by atoms with Gasteiger partial charge >= 0.3 is 5.97 Å². The number of fused-ring (bicyclic) bond motifs is 7. The highest BCUT2D eigenvalue weighted by Gasteiger charge is 2.54. The maximum atomic E-state index is 15.1. The number of carbonyl (C=O) groups excluding carboxylic acids is 5. The van der Waals surface area contributed by atoms with Crippen LogP contribution in [0.25, 0.3) is 33.4 Å². The highest BCUT2D eigenvalue weighted by Crippen LogP contribution is 2.44. The van der Waals surface area contributed by atoms with Crippen LogP contribution in [0.15, 0.2) is 35.8 Å². The minimum atomic E-state index is -1.06. The molecule has 0 radical (unpaired) electrons. The number of likely N-dealkylation sites (tertiary alicyclic amines) is 1. The summed E-state index contributed by atoms with van der Waals surface area (Å²) in [7, 11) is 1.73. The van der Waals surface area contributed by atoms with Gasteiger partial charge in [-0.15, -0.1) is 11.3 Å². The van der Waals surface area contributed by atoms with E-state index in [1.165, 1.54) is 47.7 Å². The summed E-state index contributed by atoms with van der Waals surface area (Å²) in [4.78, 5) is 92.0. The van der Waals surface area contributed by atoms with Crippen LogP contribution in [0.1, 0.15) is 134 Å². The van der Waals surface area contributed by atoms with Gasteiger partial charge in [0, 0.05) is 104 Å². The van der Waals surface area contributed by atoms with E-state index < -0.39 is 35.4 Å². The number of ether oxygens (including phenoxy) is 1. The number of thiazole rings is 1. The Morgan fingerprint density at radius 2 is 1.75 bits per heavy atom. The van der Waals surface area contributed by atoms with E-state index in [2.05, 4.69) is 95.5 Å². The number of benzene rings is 1. The van der Waals surface area contributed by atoms with Crippen LogP contribution in [0.4, 0.5) is 5.69 Å². The van der Waals surface area contributed by atoms with E-state index in [-0.39, 0.29) is 66.5 Å². The average molecular weight is 1110 g/mol. The lowest BCUT2D eigenvalue weighted by Gasteiger charge is -2.45. The van der Waals surface area contributed by atoms with E-state index in [9.17, 15) is 14.4 Å². The fourth-order valence-electron chi connectivity index (χ4n) is 14.7. The number of cyclic esters (lactones) is 1. The number of nitrogens with one attached hydrogen (secondary N) is 3. The van der Waals surface area contributed by atoms with Crippen molar-refractivity contribution in [3.8, 4) is 22.5 Å². The van der Waals surface area contributed by atoms with Crippen molar-refractivity contribution in [1.82, 2.24) is 50.3 Å². The van der Waals surface area contributed by atoms with Crippen molar-refractivity contribution < 1.29 is 28.7 Å². The summed E-state index contributed by atoms with van der Waals surface area (Å²) in [5.74, 6) is -1.11. The Morgan fingerprint density at radius 3 is 2.52 bits per heavy atom. The van der Waals surface area contributed by atoms with Crippen LogP contribution in [-0.4, -0.2) is 160 Å². The molecule has 6 bridgehead atoms. The third-order valence-electron chi connectivity index (χ3n) is 19.4. The number of aryl methyl sites for hydroxylation is 1. The Morgan fingerprint density at radius 1 is 0.950 bits per heavy atom. The Kier molecular flexibility index (Phi) is 15.4. The lowest BCUT2D eigenvalue weighted by molar-refractivity contribution is -0.155. The molecular weight excluding hydrogens is 1030 g/mol. The first-order valence-electron chi connectivity index (χ1n) is 30.5. The molecule has 0 spiro atoms. The van der Waals surface area contributed by atoms with E-state index >= 15 is 9.59 Å². The second kappa shape index (κ2) is 22.4. The summed E-state index contributed by atoms with van der Waals surface area (Å²) in [6.07, 6.45) is 13.5. The maximum Gasteiger partial charge on any atom is 0.324 e. The van der Waals surface area contributed by atoms with Gasteiger partial charge < -0.3 is 29.3 Å². The van der Waals surface area contributed by atoms with Crippen LogP contribution < -0.4 is 21.0 Å². The predicted molar refractivity (Wildman–Crippen MR) is 311 cm³/mol. The molecule has 18 heteroatoms. The third-order valence-corrected chi connectivity index (χ3v) is 20.2. The van der Waals surface area contributed by atoms with Gasteiger partial charge in [0.15, 0.2) is 0 Å². The molecule has 7 fully saturated rings. The quantitative estimate of drug-likeness (QED) is 0.102. The summed E-state index contributed by atoms with van der Waals surface area (Å²) < 4.78 is 8.74. The standard InChI is InChI=1S/C62H85N11O6S/c1-8-72-50-21-20-40-26-43(50)45(56(72)44-27-42(30-63-52(44)36(2)3)70-25-24-69-22-12-11-16-41(69)32-70)29-62(5,6)35-79-61(78)47-17-13-23-73(67-47)59(76)48(28-51-64-49(40)34-80-51)65-57(74)55(39-14-9-10-15-39)68(7)58(75)46-33-71(31-37(46)4)60(77)54-53(66-54)38-18-19-38/h20-21,26-27,30,34,36-39,41,46-48,53-55,66-67H,8-19,22-25,28-29,31-33,35H2,1-7H3,(H,65,74)/t37-,41-,46+,47+,48+,53-,54-,55+/m1/s1. The number of nitrogens with zero attached hydrogens (tertiary/aromatic N) is 8. The molecule has 1 aromatic carbocycles. The second-order valence-electron chi connectivity index (χ2n) is 26.1. The number of pyridine rings is 1.